The highest BCUT2D eigenvalue weighted by Crippen LogP contribution is 2.34. The van der Waals surface area contributed by atoms with Gasteiger partial charge in [0, 0.05) is 19.1 Å². The molecule has 2 rings (SSSR count). The predicted molar refractivity (Wildman–Crippen MR) is 68.5 cm³/mol. The van der Waals surface area contributed by atoms with Crippen molar-refractivity contribution < 1.29 is 14.3 Å². The first kappa shape index (κ1) is 13.8. The number of ether oxygens (including phenoxy) is 2. The summed E-state index contributed by atoms with van der Waals surface area (Å²) in [6.07, 6.45) is 2.77. The molecule has 18 heavy (non-hydrogen) atoms. The summed E-state index contributed by atoms with van der Waals surface area (Å²) in [5.74, 6) is -0.0942. The Kier molecular flexibility index (Phi) is 4.59. The van der Waals surface area contributed by atoms with Crippen LogP contribution >= 0.6 is 0 Å². The van der Waals surface area contributed by atoms with Crippen molar-refractivity contribution in [3.63, 3.8) is 0 Å². The van der Waals surface area contributed by atoms with E-state index in [9.17, 15) is 4.79 Å². The molecule has 2 aliphatic rings. The van der Waals surface area contributed by atoms with Crippen molar-refractivity contribution in [2.45, 2.75) is 37.8 Å². The first-order chi connectivity index (χ1) is 8.72. The predicted octanol–water partition coefficient (Wildman–Crippen LogP) is 0.392. The molecule has 1 saturated carbocycles. The Hall–Kier alpha value is -0.650. The number of hydrogen-bond donors (Lipinski definition) is 1. The highest BCUT2D eigenvalue weighted by Gasteiger charge is 2.46. The third-order valence-corrected chi connectivity index (χ3v) is 4.20. The molecule has 0 amide bonds. The first-order valence-electron chi connectivity index (χ1n) is 6.90. The topological polar surface area (TPSA) is 50.8 Å². The minimum absolute atomic E-state index is 0.0942. The van der Waals surface area contributed by atoms with Crippen molar-refractivity contribution in [1.29, 1.82) is 0 Å². The van der Waals surface area contributed by atoms with E-state index in [4.69, 9.17) is 9.47 Å². The first-order valence-corrected chi connectivity index (χ1v) is 6.90. The molecule has 5 nitrogen and oxygen atoms in total. The molecule has 2 fully saturated rings. The summed E-state index contributed by atoms with van der Waals surface area (Å²) in [6, 6.07) is 0.478. The van der Waals surface area contributed by atoms with E-state index in [0.29, 0.717) is 12.6 Å². The van der Waals surface area contributed by atoms with Gasteiger partial charge in [-0.1, -0.05) is 0 Å². The fraction of sp³-hybridized carbons (Fsp3) is 0.923. The molecule has 0 aromatic carbocycles. The lowest BCUT2D eigenvalue weighted by atomic mass is 9.97. The number of rotatable bonds is 4. The zero-order valence-corrected chi connectivity index (χ0v) is 11.4. The third kappa shape index (κ3) is 2.68. The molecule has 1 heterocycles. The molecule has 1 aliphatic carbocycles. The lowest BCUT2D eigenvalue weighted by molar-refractivity contribution is -0.151. The van der Waals surface area contributed by atoms with Gasteiger partial charge in [0.25, 0.3) is 0 Å². The van der Waals surface area contributed by atoms with E-state index in [0.717, 1.165) is 45.6 Å². The van der Waals surface area contributed by atoms with Gasteiger partial charge in [-0.15, -0.1) is 0 Å². The number of carbonyl (C=O) groups excluding carboxylic acids is 1. The maximum absolute atomic E-state index is 12.1. The van der Waals surface area contributed by atoms with Crippen molar-refractivity contribution in [1.82, 2.24) is 10.2 Å². The van der Waals surface area contributed by atoms with Gasteiger partial charge in [0.1, 0.15) is 5.54 Å². The highest BCUT2D eigenvalue weighted by atomic mass is 16.5. The van der Waals surface area contributed by atoms with Gasteiger partial charge in [-0.3, -0.25) is 9.69 Å². The van der Waals surface area contributed by atoms with Crippen LogP contribution in [0, 0.1) is 0 Å². The van der Waals surface area contributed by atoms with E-state index in [1.807, 2.05) is 14.0 Å². The maximum Gasteiger partial charge on any atom is 0.326 e. The number of esters is 1. The standard InChI is InChI=1S/C13H24N2O3/c1-3-18-12(16)13(14-2)5-4-11(10-13)15-6-8-17-9-7-15/h11,14H,3-10H2,1-2H3. The zero-order chi connectivity index (χ0) is 13.0. The normalized spacial score (nSPS) is 33.6. The van der Waals surface area contributed by atoms with E-state index < -0.39 is 5.54 Å². The van der Waals surface area contributed by atoms with Crippen LogP contribution in [0.2, 0.25) is 0 Å². The monoisotopic (exact) mass is 256 g/mol. The molecule has 0 radical (unpaired) electrons. The van der Waals surface area contributed by atoms with Gasteiger partial charge in [0.15, 0.2) is 0 Å². The van der Waals surface area contributed by atoms with Gasteiger partial charge in [0.05, 0.1) is 19.8 Å². The quantitative estimate of drug-likeness (QED) is 0.738. The summed E-state index contributed by atoms with van der Waals surface area (Å²) in [7, 11) is 1.86. The van der Waals surface area contributed by atoms with E-state index in [1.54, 1.807) is 0 Å². The molecule has 1 saturated heterocycles. The average molecular weight is 256 g/mol. The lowest BCUT2D eigenvalue weighted by Crippen LogP contribution is -2.51. The van der Waals surface area contributed by atoms with Gasteiger partial charge < -0.3 is 14.8 Å². The Labute approximate surface area is 109 Å². The molecule has 5 heteroatoms. The van der Waals surface area contributed by atoms with Crippen LogP contribution in [0.4, 0.5) is 0 Å². The van der Waals surface area contributed by atoms with Crippen LogP contribution in [0.5, 0.6) is 0 Å². The molecule has 2 unspecified atom stereocenters. The van der Waals surface area contributed by atoms with Crippen molar-refractivity contribution in [3.8, 4) is 0 Å². The highest BCUT2D eigenvalue weighted by molar-refractivity contribution is 5.81. The van der Waals surface area contributed by atoms with Gasteiger partial charge in [-0.2, -0.15) is 0 Å². The summed E-state index contributed by atoms with van der Waals surface area (Å²) in [4.78, 5) is 14.5. The molecule has 1 aliphatic heterocycles. The minimum Gasteiger partial charge on any atom is -0.465 e. The number of carbonyl (C=O) groups is 1. The summed E-state index contributed by atoms with van der Waals surface area (Å²) >= 11 is 0. The van der Waals surface area contributed by atoms with Crippen molar-refractivity contribution in [3.05, 3.63) is 0 Å². The number of likely N-dealkylation sites (N-methyl/N-ethyl adjacent to an activating group) is 1. The van der Waals surface area contributed by atoms with E-state index >= 15 is 0 Å². The summed E-state index contributed by atoms with van der Waals surface area (Å²) in [6.45, 7) is 5.88. The molecule has 1 N–H and O–H groups in total. The number of morpholine rings is 1. The van der Waals surface area contributed by atoms with Crippen LogP contribution < -0.4 is 5.32 Å². The molecule has 0 aromatic heterocycles. The second kappa shape index (κ2) is 5.99. The summed E-state index contributed by atoms with van der Waals surface area (Å²) in [5, 5.41) is 3.20. The van der Waals surface area contributed by atoms with Gasteiger partial charge in [0.2, 0.25) is 0 Å². The minimum atomic E-state index is -0.473. The van der Waals surface area contributed by atoms with Crippen molar-refractivity contribution >= 4 is 5.97 Å². The largest absolute Gasteiger partial charge is 0.465 e. The molecule has 2 atom stereocenters. The molecular formula is C13H24N2O3. The van der Waals surface area contributed by atoms with Crippen LogP contribution in [0.15, 0.2) is 0 Å². The van der Waals surface area contributed by atoms with Gasteiger partial charge in [-0.25, -0.2) is 0 Å². The molecular weight excluding hydrogens is 232 g/mol. The lowest BCUT2D eigenvalue weighted by Gasteiger charge is -2.33. The van der Waals surface area contributed by atoms with Crippen LogP contribution in [0.25, 0.3) is 0 Å². The van der Waals surface area contributed by atoms with Crippen LogP contribution in [-0.4, -0.2) is 62.4 Å². The molecule has 0 bridgehead atoms. The Morgan fingerprint density at radius 2 is 2.22 bits per heavy atom. The Balaban J connectivity index is 1.97. The Morgan fingerprint density at radius 1 is 1.50 bits per heavy atom. The summed E-state index contributed by atoms with van der Waals surface area (Å²) in [5.41, 5.74) is -0.473. The van der Waals surface area contributed by atoms with Crippen molar-refractivity contribution in [2.24, 2.45) is 0 Å². The van der Waals surface area contributed by atoms with Gasteiger partial charge in [-0.05, 0) is 33.2 Å². The maximum atomic E-state index is 12.1. The van der Waals surface area contributed by atoms with Gasteiger partial charge >= 0.3 is 5.97 Å². The summed E-state index contributed by atoms with van der Waals surface area (Å²) < 4.78 is 10.6. The smallest absolute Gasteiger partial charge is 0.326 e. The van der Waals surface area contributed by atoms with Crippen LogP contribution in [0.3, 0.4) is 0 Å². The van der Waals surface area contributed by atoms with Crippen LogP contribution in [0.1, 0.15) is 26.2 Å². The fourth-order valence-electron chi connectivity index (χ4n) is 3.06. The van der Waals surface area contributed by atoms with E-state index in [1.165, 1.54) is 0 Å². The fourth-order valence-corrected chi connectivity index (χ4v) is 3.06. The second-order valence-electron chi connectivity index (χ2n) is 5.10. The molecule has 0 aromatic rings. The molecule has 104 valence electrons. The Bertz CT molecular complexity index is 292. The number of hydrogen-bond acceptors (Lipinski definition) is 5. The molecule has 0 spiro atoms. The Morgan fingerprint density at radius 3 is 2.83 bits per heavy atom. The number of nitrogens with zero attached hydrogens (tertiary/aromatic N) is 1. The number of nitrogens with one attached hydrogen (secondary N) is 1. The van der Waals surface area contributed by atoms with Crippen LogP contribution in [-0.2, 0) is 14.3 Å². The average Bonchev–Trinajstić information content (AvgIpc) is 2.86. The third-order valence-electron chi connectivity index (χ3n) is 4.20. The van der Waals surface area contributed by atoms with Crippen molar-refractivity contribution in [2.75, 3.05) is 40.0 Å². The SMILES string of the molecule is CCOC(=O)C1(NC)CCC(N2CCOCC2)C1. The van der Waals surface area contributed by atoms with E-state index in [2.05, 4.69) is 10.2 Å². The van der Waals surface area contributed by atoms with E-state index in [-0.39, 0.29) is 5.97 Å². The zero-order valence-electron chi connectivity index (χ0n) is 11.4. The second-order valence-corrected chi connectivity index (χ2v) is 5.10.